The molecule has 0 saturated carbocycles. The van der Waals surface area contributed by atoms with Gasteiger partial charge in [-0.3, -0.25) is 4.79 Å². The van der Waals surface area contributed by atoms with Crippen molar-refractivity contribution in [3.63, 3.8) is 0 Å². The molecule has 0 fully saturated rings. The molecule has 1 N–H and O–H groups in total. The fourth-order valence-corrected chi connectivity index (χ4v) is 0.782. The van der Waals surface area contributed by atoms with Gasteiger partial charge in [-0.1, -0.05) is 0 Å². The summed E-state index contributed by atoms with van der Waals surface area (Å²) >= 11 is 0. The number of carboxylic acid groups (broad SMARTS) is 1. The molecule has 4 nitrogen and oxygen atoms in total. The number of hydrogen-bond donors (Lipinski definition) is 1. The SMILES string of the molecule is CCOC(OCC)C(C)C(=O)O. The molecule has 0 aromatic carbocycles. The van der Waals surface area contributed by atoms with Crippen molar-refractivity contribution in [1.82, 2.24) is 0 Å². The highest BCUT2D eigenvalue weighted by Gasteiger charge is 2.23. The summed E-state index contributed by atoms with van der Waals surface area (Å²) in [6, 6.07) is 0. The Morgan fingerprint density at radius 3 is 2.00 bits per heavy atom. The van der Waals surface area contributed by atoms with Crippen LogP contribution in [0.5, 0.6) is 0 Å². The van der Waals surface area contributed by atoms with Crippen LogP contribution in [0.4, 0.5) is 0 Å². The van der Waals surface area contributed by atoms with E-state index in [0.29, 0.717) is 13.2 Å². The van der Waals surface area contributed by atoms with Gasteiger partial charge in [0.05, 0.1) is 0 Å². The molecule has 0 bridgehead atoms. The number of carbonyl (C=O) groups is 1. The molecule has 0 aliphatic heterocycles. The normalized spacial score (nSPS) is 13.3. The Labute approximate surface area is 72.5 Å². The van der Waals surface area contributed by atoms with E-state index in [1.807, 2.05) is 0 Å². The van der Waals surface area contributed by atoms with Crippen molar-refractivity contribution < 1.29 is 19.4 Å². The summed E-state index contributed by atoms with van der Waals surface area (Å²) in [5.74, 6) is -1.52. The van der Waals surface area contributed by atoms with Gasteiger partial charge in [0, 0.05) is 13.2 Å². The van der Waals surface area contributed by atoms with E-state index in [2.05, 4.69) is 0 Å². The summed E-state index contributed by atoms with van der Waals surface area (Å²) in [7, 11) is 0. The van der Waals surface area contributed by atoms with Crippen molar-refractivity contribution in [2.45, 2.75) is 27.1 Å². The summed E-state index contributed by atoms with van der Waals surface area (Å²) in [5, 5.41) is 8.65. The highest BCUT2D eigenvalue weighted by molar-refractivity contribution is 5.69. The zero-order valence-electron chi connectivity index (χ0n) is 7.74. The predicted octanol–water partition coefficient (Wildman–Crippen LogP) is 1.11. The molecule has 0 saturated heterocycles. The molecule has 0 radical (unpaired) electrons. The molecule has 4 heteroatoms. The Bertz CT molecular complexity index is 129. The second-order valence-corrected chi connectivity index (χ2v) is 2.41. The first-order valence-electron chi connectivity index (χ1n) is 4.09. The maximum absolute atomic E-state index is 10.5. The second-order valence-electron chi connectivity index (χ2n) is 2.41. The van der Waals surface area contributed by atoms with E-state index in [1.165, 1.54) is 0 Å². The van der Waals surface area contributed by atoms with Crippen LogP contribution in [0.25, 0.3) is 0 Å². The van der Waals surface area contributed by atoms with Crippen molar-refractivity contribution in [2.75, 3.05) is 13.2 Å². The fourth-order valence-electron chi connectivity index (χ4n) is 0.782. The number of ether oxygens (including phenoxy) is 2. The lowest BCUT2D eigenvalue weighted by molar-refractivity contribution is -0.182. The Kier molecular flexibility index (Phi) is 5.66. The van der Waals surface area contributed by atoms with Gasteiger partial charge in [0.2, 0.25) is 0 Å². The molecule has 0 rings (SSSR count). The molecule has 0 aliphatic rings. The zero-order chi connectivity index (χ0) is 9.56. The lowest BCUT2D eigenvalue weighted by Crippen LogP contribution is -2.30. The zero-order valence-corrected chi connectivity index (χ0v) is 7.74. The third-order valence-corrected chi connectivity index (χ3v) is 1.46. The summed E-state index contributed by atoms with van der Waals surface area (Å²) in [6.07, 6.45) is -0.627. The first-order chi connectivity index (χ1) is 5.63. The summed E-state index contributed by atoms with van der Waals surface area (Å²) in [5.41, 5.74) is 0. The molecule has 0 heterocycles. The van der Waals surface area contributed by atoms with Crippen LogP contribution in [0.1, 0.15) is 20.8 Å². The molecular weight excluding hydrogens is 160 g/mol. The lowest BCUT2D eigenvalue weighted by atomic mass is 10.2. The third kappa shape index (κ3) is 3.69. The van der Waals surface area contributed by atoms with Crippen LogP contribution in [0.15, 0.2) is 0 Å². The van der Waals surface area contributed by atoms with Crippen LogP contribution >= 0.6 is 0 Å². The van der Waals surface area contributed by atoms with E-state index >= 15 is 0 Å². The Balaban J connectivity index is 3.98. The van der Waals surface area contributed by atoms with Crippen molar-refractivity contribution in [2.24, 2.45) is 5.92 Å². The Morgan fingerprint density at radius 1 is 1.33 bits per heavy atom. The summed E-state index contributed by atoms with van der Waals surface area (Å²) in [6.45, 7) is 6.10. The van der Waals surface area contributed by atoms with Gasteiger partial charge in [-0.25, -0.2) is 0 Å². The second kappa shape index (κ2) is 5.97. The smallest absolute Gasteiger partial charge is 0.311 e. The first kappa shape index (κ1) is 11.4. The Hall–Kier alpha value is -0.610. The first-order valence-corrected chi connectivity index (χ1v) is 4.09. The van der Waals surface area contributed by atoms with Crippen LogP contribution in [-0.2, 0) is 14.3 Å². The van der Waals surface area contributed by atoms with Crippen LogP contribution in [0.2, 0.25) is 0 Å². The maximum Gasteiger partial charge on any atom is 0.311 e. The van der Waals surface area contributed by atoms with Crippen LogP contribution in [0.3, 0.4) is 0 Å². The van der Waals surface area contributed by atoms with Gasteiger partial charge in [-0.2, -0.15) is 0 Å². The van der Waals surface area contributed by atoms with Crippen molar-refractivity contribution in [1.29, 1.82) is 0 Å². The van der Waals surface area contributed by atoms with Gasteiger partial charge in [0.25, 0.3) is 0 Å². The number of rotatable bonds is 6. The van der Waals surface area contributed by atoms with Gasteiger partial charge >= 0.3 is 5.97 Å². The minimum Gasteiger partial charge on any atom is -0.481 e. The van der Waals surface area contributed by atoms with E-state index in [-0.39, 0.29) is 0 Å². The third-order valence-electron chi connectivity index (χ3n) is 1.46. The van der Waals surface area contributed by atoms with E-state index in [1.54, 1.807) is 20.8 Å². The van der Waals surface area contributed by atoms with Gasteiger partial charge < -0.3 is 14.6 Å². The number of carboxylic acids is 1. The predicted molar refractivity (Wildman–Crippen MR) is 43.8 cm³/mol. The minimum absolute atomic E-state index is 0.461. The van der Waals surface area contributed by atoms with E-state index < -0.39 is 18.2 Å². The van der Waals surface area contributed by atoms with E-state index in [4.69, 9.17) is 14.6 Å². The molecule has 0 aromatic heterocycles. The molecular formula is C8H16O4. The average Bonchev–Trinajstić information content (AvgIpc) is 2.03. The molecule has 0 amide bonds. The maximum atomic E-state index is 10.5. The lowest BCUT2D eigenvalue weighted by Gasteiger charge is -2.20. The summed E-state index contributed by atoms with van der Waals surface area (Å²) in [4.78, 5) is 10.5. The topological polar surface area (TPSA) is 55.8 Å². The standard InChI is InChI=1S/C8H16O4/c1-4-11-8(12-5-2)6(3)7(9)10/h6,8H,4-5H2,1-3H3,(H,9,10). The van der Waals surface area contributed by atoms with Gasteiger partial charge in [-0.05, 0) is 20.8 Å². The van der Waals surface area contributed by atoms with Crippen molar-refractivity contribution in [3.05, 3.63) is 0 Å². The molecule has 0 spiro atoms. The van der Waals surface area contributed by atoms with Crippen LogP contribution < -0.4 is 0 Å². The molecule has 1 atom stereocenters. The Morgan fingerprint density at radius 2 is 1.75 bits per heavy atom. The average molecular weight is 176 g/mol. The number of hydrogen-bond acceptors (Lipinski definition) is 3. The monoisotopic (exact) mass is 176 g/mol. The highest BCUT2D eigenvalue weighted by Crippen LogP contribution is 2.09. The quantitative estimate of drug-likeness (QED) is 0.616. The molecule has 1 unspecified atom stereocenters. The molecule has 0 aromatic rings. The van der Waals surface area contributed by atoms with E-state index in [9.17, 15) is 4.79 Å². The molecule has 0 aliphatic carbocycles. The van der Waals surface area contributed by atoms with Gasteiger partial charge in [0.1, 0.15) is 5.92 Å². The number of aliphatic carboxylic acids is 1. The van der Waals surface area contributed by atoms with E-state index in [0.717, 1.165) is 0 Å². The highest BCUT2D eigenvalue weighted by atomic mass is 16.7. The molecule has 72 valence electrons. The largest absolute Gasteiger partial charge is 0.481 e. The van der Waals surface area contributed by atoms with Crippen LogP contribution in [-0.4, -0.2) is 30.6 Å². The minimum atomic E-state index is -0.901. The van der Waals surface area contributed by atoms with Gasteiger partial charge in [-0.15, -0.1) is 0 Å². The fraction of sp³-hybridized carbons (Fsp3) is 0.875. The summed E-state index contributed by atoms with van der Waals surface area (Å²) < 4.78 is 10.2. The molecule has 12 heavy (non-hydrogen) atoms. The van der Waals surface area contributed by atoms with Gasteiger partial charge in [0.15, 0.2) is 6.29 Å². The van der Waals surface area contributed by atoms with Crippen LogP contribution in [0, 0.1) is 5.92 Å². The van der Waals surface area contributed by atoms with Crippen molar-refractivity contribution >= 4 is 5.97 Å². The van der Waals surface area contributed by atoms with Crippen molar-refractivity contribution in [3.8, 4) is 0 Å².